The van der Waals surface area contributed by atoms with Gasteiger partial charge in [0.25, 0.3) is 0 Å². The summed E-state index contributed by atoms with van der Waals surface area (Å²) in [7, 11) is 0. The summed E-state index contributed by atoms with van der Waals surface area (Å²) < 4.78 is 6.64. The molecule has 0 radical (unpaired) electrons. The van der Waals surface area contributed by atoms with E-state index in [1.165, 1.54) is 0 Å². The van der Waals surface area contributed by atoms with Gasteiger partial charge in [-0.3, -0.25) is 0 Å². The van der Waals surface area contributed by atoms with Crippen molar-refractivity contribution in [2.75, 3.05) is 17.7 Å². The Balaban J connectivity index is 2.00. The van der Waals surface area contributed by atoms with Crippen LogP contribution in [0.25, 0.3) is 0 Å². The summed E-state index contributed by atoms with van der Waals surface area (Å²) in [6, 6.07) is 0. The molecule has 0 amide bonds. The monoisotopic (exact) mass is 310 g/mol. The Morgan fingerprint density at radius 1 is 0.667 bits per heavy atom. The van der Waals surface area contributed by atoms with Crippen LogP contribution in [0.2, 0.25) is 0 Å². The average Bonchev–Trinajstić information content (AvgIpc) is 1.72. The van der Waals surface area contributed by atoms with Crippen molar-refractivity contribution in [2.24, 2.45) is 0 Å². The predicted octanol–water partition coefficient (Wildman–Crippen LogP) is -5.82. The Morgan fingerprint density at radius 3 is 1.17 bits per heavy atom. The maximum absolute atomic E-state index is 1.66. The molecule has 0 aromatic rings. The fraction of sp³-hybridized carbons (Fsp3) is 1.00. The van der Waals surface area contributed by atoms with E-state index in [-0.39, 0.29) is 0 Å². The van der Waals surface area contributed by atoms with Crippen molar-refractivity contribution in [3.8, 4) is 0 Å². The zero-order chi connectivity index (χ0) is 4.24. The van der Waals surface area contributed by atoms with Crippen LogP contribution in [0.5, 0.6) is 0 Å². The van der Waals surface area contributed by atoms with Crippen LogP contribution in [0.3, 0.4) is 0 Å². The first-order chi connectivity index (χ1) is 3.00. The van der Waals surface area contributed by atoms with E-state index in [0.29, 0.717) is 0 Å². The van der Waals surface area contributed by atoms with Gasteiger partial charge < -0.3 is 0 Å². The van der Waals surface area contributed by atoms with Crippen LogP contribution in [-0.2, 0) is 0 Å². The maximum atomic E-state index is 1.66. The number of hydrogen-bond donors (Lipinski definition) is 0. The molecule has 0 spiro atoms. The summed E-state index contributed by atoms with van der Waals surface area (Å²) in [5.41, 5.74) is 0. The third kappa shape index (κ3) is 1.95. The molecule has 0 aromatic carbocycles. The van der Waals surface area contributed by atoms with Gasteiger partial charge in [-0.15, -0.1) is 0 Å². The fourth-order valence-electron chi connectivity index (χ4n) is 0.391. The molecule has 0 unspecified atom stereocenters. The molecule has 0 atom stereocenters. The minimum absolute atomic E-state index is 0.742. The van der Waals surface area contributed by atoms with E-state index in [9.17, 15) is 0 Å². The van der Waals surface area contributed by atoms with Gasteiger partial charge in [-0.05, 0) is 0 Å². The summed E-state index contributed by atoms with van der Waals surface area (Å²) in [4.78, 5) is 0. The second-order valence-corrected chi connectivity index (χ2v) is 7.61. The predicted molar refractivity (Wildman–Crippen MR) is 19.5 cm³/mol. The summed E-state index contributed by atoms with van der Waals surface area (Å²) in [5.74, 6) is 0. The Morgan fingerprint density at radius 2 is 1.00 bits per heavy atom. The molecule has 1 aliphatic heterocycles. The summed E-state index contributed by atoms with van der Waals surface area (Å²) in [6.45, 7) is 0. The molecular formula is C4H8I2-2. The van der Waals surface area contributed by atoms with Crippen molar-refractivity contribution in [3.05, 3.63) is 0 Å². The summed E-state index contributed by atoms with van der Waals surface area (Å²) >= 11 is 1.48. The average molecular weight is 310 g/mol. The number of alkyl halides is 4. The molecule has 0 aromatic heterocycles. The molecule has 1 rings (SSSR count). The Bertz CT molecular complexity index is 21.0. The van der Waals surface area contributed by atoms with Gasteiger partial charge in [-0.2, -0.15) is 0 Å². The van der Waals surface area contributed by atoms with E-state index in [0.717, 1.165) is 42.4 Å². The normalized spacial score (nSPS) is 26.7. The topological polar surface area (TPSA) is 0 Å². The third-order valence-electron chi connectivity index (χ3n) is 0.677. The van der Waals surface area contributed by atoms with Gasteiger partial charge in [0, 0.05) is 0 Å². The standard InChI is InChI=1S/C4H8I2/c1-2-6-4-3-5-1/h1-4H2/q-2. The quantitative estimate of drug-likeness (QED) is 0.309. The van der Waals surface area contributed by atoms with Crippen LogP contribution >= 0.6 is 0 Å². The van der Waals surface area contributed by atoms with E-state index < -0.39 is 0 Å². The molecule has 0 saturated carbocycles. The summed E-state index contributed by atoms with van der Waals surface area (Å²) in [5, 5.41) is 0. The molecule has 0 aliphatic carbocycles. The van der Waals surface area contributed by atoms with E-state index in [4.69, 9.17) is 0 Å². The van der Waals surface area contributed by atoms with Gasteiger partial charge in [-0.25, -0.2) is 0 Å². The van der Waals surface area contributed by atoms with E-state index in [1.54, 1.807) is 17.7 Å². The van der Waals surface area contributed by atoms with Crippen molar-refractivity contribution in [1.82, 2.24) is 0 Å². The molecule has 1 aliphatic rings. The molecular weight excluding hydrogens is 302 g/mol. The van der Waals surface area contributed by atoms with E-state index >= 15 is 0 Å². The van der Waals surface area contributed by atoms with Crippen LogP contribution < -0.4 is 42.4 Å². The molecule has 1 saturated heterocycles. The van der Waals surface area contributed by atoms with Crippen molar-refractivity contribution < 1.29 is 42.4 Å². The van der Waals surface area contributed by atoms with Crippen LogP contribution in [0.4, 0.5) is 0 Å². The number of halogens is 2. The molecule has 40 valence electrons. The first-order valence-corrected chi connectivity index (χ1v) is 8.17. The van der Waals surface area contributed by atoms with Crippen molar-refractivity contribution in [2.45, 2.75) is 0 Å². The van der Waals surface area contributed by atoms with Crippen LogP contribution in [0.15, 0.2) is 0 Å². The molecule has 6 heavy (non-hydrogen) atoms. The molecule has 1 fully saturated rings. The Labute approximate surface area is 59.6 Å². The van der Waals surface area contributed by atoms with E-state index in [1.807, 2.05) is 0 Å². The van der Waals surface area contributed by atoms with Gasteiger partial charge >= 0.3 is 60.1 Å². The molecule has 0 nitrogen and oxygen atoms in total. The van der Waals surface area contributed by atoms with Gasteiger partial charge in [-0.1, -0.05) is 0 Å². The number of rotatable bonds is 0. The van der Waals surface area contributed by atoms with Crippen molar-refractivity contribution >= 4 is 0 Å². The first kappa shape index (κ1) is 5.59. The first-order valence-electron chi connectivity index (χ1n) is 2.07. The van der Waals surface area contributed by atoms with Crippen molar-refractivity contribution in [1.29, 1.82) is 0 Å². The number of hydrogen-bond acceptors (Lipinski definition) is 0. The van der Waals surface area contributed by atoms with E-state index in [2.05, 4.69) is 0 Å². The second kappa shape index (κ2) is 3.46. The van der Waals surface area contributed by atoms with Crippen LogP contribution in [0, 0.1) is 0 Å². The van der Waals surface area contributed by atoms with Gasteiger partial charge in [0.2, 0.25) is 0 Å². The molecule has 0 N–H and O–H groups in total. The zero-order valence-electron chi connectivity index (χ0n) is 3.58. The van der Waals surface area contributed by atoms with Crippen molar-refractivity contribution in [3.63, 3.8) is 0 Å². The third-order valence-corrected chi connectivity index (χ3v) is 10.0. The van der Waals surface area contributed by atoms with Gasteiger partial charge in [0.1, 0.15) is 0 Å². The van der Waals surface area contributed by atoms with Gasteiger partial charge in [0.15, 0.2) is 0 Å². The van der Waals surface area contributed by atoms with Crippen LogP contribution in [0.1, 0.15) is 0 Å². The van der Waals surface area contributed by atoms with Crippen LogP contribution in [-0.4, -0.2) is 17.7 Å². The Kier molecular flexibility index (Phi) is 3.23. The second-order valence-electron chi connectivity index (χ2n) is 1.13. The zero-order valence-corrected chi connectivity index (χ0v) is 7.90. The SMILES string of the molecule is C1C[I-]CC[I-]1. The Hall–Kier alpha value is 1.46. The van der Waals surface area contributed by atoms with Gasteiger partial charge in [0.05, 0.1) is 0 Å². The molecule has 0 bridgehead atoms. The molecule has 2 heteroatoms. The fourth-order valence-corrected chi connectivity index (χ4v) is 10.4. The molecule has 1 heterocycles. The minimum atomic E-state index is 0.742. The summed E-state index contributed by atoms with van der Waals surface area (Å²) in [6.07, 6.45) is 0.